The predicted molar refractivity (Wildman–Crippen MR) is 111 cm³/mol. The van der Waals surface area contributed by atoms with Gasteiger partial charge in [-0.05, 0) is 42.4 Å². The fourth-order valence-electron chi connectivity index (χ4n) is 2.57. The fraction of sp³-hybridized carbons (Fsp3) is 0.455. The highest BCUT2D eigenvalue weighted by Crippen LogP contribution is 2.27. The van der Waals surface area contributed by atoms with E-state index in [1.165, 1.54) is 5.56 Å². The van der Waals surface area contributed by atoms with E-state index >= 15 is 0 Å². The maximum Gasteiger partial charge on any atom is 0.254 e. The van der Waals surface area contributed by atoms with Crippen LogP contribution < -0.4 is 5.32 Å². The van der Waals surface area contributed by atoms with Gasteiger partial charge in [0.2, 0.25) is 0 Å². The van der Waals surface area contributed by atoms with Crippen molar-refractivity contribution in [2.24, 2.45) is 5.41 Å². The van der Waals surface area contributed by atoms with Gasteiger partial charge in [0, 0.05) is 18.0 Å². The van der Waals surface area contributed by atoms with Gasteiger partial charge in [-0.2, -0.15) is 0 Å². The molecule has 1 unspecified atom stereocenters. The summed E-state index contributed by atoms with van der Waals surface area (Å²) in [6.07, 6.45) is 4.80. The summed E-state index contributed by atoms with van der Waals surface area (Å²) in [5.41, 5.74) is 2.24. The summed E-state index contributed by atoms with van der Waals surface area (Å²) in [4.78, 5) is 17.0. The number of thioether (sulfide) groups is 1. The molecule has 0 aliphatic rings. The first-order valence-corrected chi connectivity index (χ1v) is 10.2. The maximum atomic E-state index is 12.5. The molecule has 1 atom stereocenters. The van der Waals surface area contributed by atoms with Crippen LogP contribution in [0, 0.1) is 5.41 Å². The molecule has 0 saturated carbocycles. The number of aryl methyl sites for hydroxylation is 1. The van der Waals surface area contributed by atoms with Gasteiger partial charge < -0.3 is 5.32 Å². The van der Waals surface area contributed by atoms with Gasteiger partial charge in [-0.1, -0.05) is 58.0 Å². The second-order valence-electron chi connectivity index (χ2n) is 7.88. The highest BCUT2D eigenvalue weighted by atomic mass is 32.2. The zero-order valence-corrected chi connectivity index (χ0v) is 17.1. The molecule has 0 fully saturated rings. The Hall–Kier alpha value is -1.81. The van der Waals surface area contributed by atoms with E-state index in [4.69, 9.17) is 0 Å². The lowest BCUT2D eigenvalue weighted by Crippen LogP contribution is -2.28. The average molecular weight is 371 g/mol. The van der Waals surface area contributed by atoms with Gasteiger partial charge in [-0.25, -0.2) is 4.98 Å². The van der Waals surface area contributed by atoms with Crippen LogP contribution in [0.3, 0.4) is 0 Å². The highest BCUT2D eigenvalue weighted by molar-refractivity contribution is 7.99. The Kier molecular flexibility index (Phi) is 7.70. The summed E-state index contributed by atoms with van der Waals surface area (Å²) in [6, 6.07) is 14.2. The number of rotatable bonds is 8. The van der Waals surface area contributed by atoms with Crippen LogP contribution in [0.5, 0.6) is 0 Å². The largest absolute Gasteiger partial charge is 0.352 e. The molecule has 3 nitrogen and oxygen atoms in total. The molecule has 1 amide bonds. The third kappa shape index (κ3) is 7.20. The fourth-order valence-corrected chi connectivity index (χ4v) is 3.59. The molecule has 1 N–H and O–H groups in total. The number of hydrogen-bond acceptors (Lipinski definition) is 3. The van der Waals surface area contributed by atoms with Crippen molar-refractivity contribution in [3.8, 4) is 0 Å². The summed E-state index contributed by atoms with van der Waals surface area (Å²) in [5, 5.41) is 4.25. The molecule has 0 aliphatic carbocycles. The molecule has 0 radical (unpaired) electrons. The maximum absolute atomic E-state index is 12.5. The Morgan fingerprint density at radius 3 is 2.58 bits per heavy atom. The predicted octanol–water partition coefficient (Wildman–Crippen LogP) is 5.36. The van der Waals surface area contributed by atoms with Crippen molar-refractivity contribution >= 4 is 17.7 Å². The number of aromatic nitrogens is 1. The molecule has 0 saturated heterocycles. The van der Waals surface area contributed by atoms with Gasteiger partial charge in [0.25, 0.3) is 5.91 Å². The molecule has 1 aromatic heterocycles. The van der Waals surface area contributed by atoms with Crippen LogP contribution in [0.1, 0.15) is 56.5 Å². The number of carbonyl (C=O) groups excluding carboxylic acids is 1. The van der Waals surface area contributed by atoms with Gasteiger partial charge in [-0.15, -0.1) is 11.8 Å². The molecule has 26 heavy (non-hydrogen) atoms. The molecule has 1 aromatic carbocycles. The van der Waals surface area contributed by atoms with Gasteiger partial charge in [0.1, 0.15) is 5.03 Å². The number of nitrogens with zero attached hydrogens (tertiary/aromatic N) is 1. The zero-order chi connectivity index (χ0) is 19.0. The van der Waals surface area contributed by atoms with Crippen molar-refractivity contribution in [3.63, 3.8) is 0 Å². The minimum Gasteiger partial charge on any atom is -0.352 e. The summed E-state index contributed by atoms with van der Waals surface area (Å²) in [5.74, 6) is -0.0277. The van der Waals surface area contributed by atoms with Gasteiger partial charge in [-0.3, -0.25) is 4.79 Å². The van der Waals surface area contributed by atoms with Gasteiger partial charge in [0.15, 0.2) is 0 Å². The van der Waals surface area contributed by atoms with E-state index in [2.05, 4.69) is 62.3 Å². The molecule has 0 spiro atoms. The third-order valence-electron chi connectivity index (χ3n) is 4.17. The molecule has 2 aromatic rings. The van der Waals surface area contributed by atoms with Crippen molar-refractivity contribution in [3.05, 3.63) is 59.8 Å². The Morgan fingerprint density at radius 1 is 1.15 bits per heavy atom. The first kappa shape index (κ1) is 20.5. The highest BCUT2D eigenvalue weighted by Gasteiger charge is 2.16. The standard InChI is InChI=1S/C22H30N2OS/c1-17(12-13-18-9-6-5-7-10-18)26-21-19(11-8-15-24-21)20(25)23-16-14-22(2,3)4/h5-11,15,17H,12-14,16H2,1-4H3,(H,23,25). The van der Waals surface area contributed by atoms with Crippen molar-refractivity contribution in [2.75, 3.05) is 6.54 Å². The van der Waals surface area contributed by atoms with Gasteiger partial charge in [0.05, 0.1) is 5.56 Å². The SMILES string of the molecule is CC(CCc1ccccc1)Sc1ncccc1C(=O)NCCC(C)(C)C. The number of nitrogens with one attached hydrogen (secondary N) is 1. The molecular weight excluding hydrogens is 340 g/mol. The average Bonchev–Trinajstić information content (AvgIpc) is 2.60. The van der Waals surface area contributed by atoms with Crippen molar-refractivity contribution in [1.82, 2.24) is 10.3 Å². The first-order chi connectivity index (χ1) is 12.3. The van der Waals surface area contributed by atoms with Crippen LogP contribution in [0.4, 0.5) is 0 Å². The zero-order valence-electron chi connectivity index (χ0n) is 16.3. The van der Waals surface area contributed by atoms with Crippen LogP contribution in [0.25, 0.3) is 0 Å². The van der Waals surface area contributed by atoms with E-state index in [0.29, 0.717) is 17.4 Å². The first-order valence-electron chi connectivity index (χ1n) is 9.29. The lowest BCUT2D eigenvalue weighted by molar-refractivity contribution is 0.0946. The van der Waals surface area contributed by atoms with E-state index in [1.807, 2.05) is 18.2 Å². The molecule has 2 rings (SSSR count). The molecular formula is C22H30N2OS. The van der Waals surface area contributed by atoms with E-state index in [9.17, 15) is 4.79 Å². The molecule has 0 bridgehead atoms. The second kappa shape index (κ2) is 9.77. The summed E-state index contributed by atoms with van der Waals surface area (Å²) < 4.78 is 0. The Balaban J connectivity index is 1.91. The van der Waals surface area contributed by atoms with Crippen molar-refractivity contribution in [1.29, 1.82) is 0 Å². The number of carbonyl (C=O) groups is 1. The minimum atomic E-state index is -0.0277. The van der Waals surface area contributed by atoms with E-state index < -0.39 is 0 Å². The second-order valence-corrected chi connectivity index (χ2v) is 9.30. The minimum absolute atomic E-state index is 0.0277. The lowest BCUT2D eigenvalue weighted by atomic mass is 9.92. The number of pyridine rings is 1. The van der Waals surface area contributed by atoms with Gasteiger partial charge >= 0.3 is 0 Å². The monoisotopic (exact) mass is 370 g/mol. The Labute approximate surface area is 162 Å². The normalized spacial score (nSPS) is 12.6. The van der Waals surface area contributed by atoms with E-state index in [0.717, 1.165) is 24.3 Å². The molecule has 4 heteroatoms. The molecule has 1 heterocycles. The number of hydrogen-bond donors (Lipinski definition) is 1. The van der Waals surface area contributed by atoms with Crippen molar-refractivity contribution < 1.29 is 4.79 Å². The van der Waals surface area contributed by atoms with Crippen molar-refractivity contribution in [2.45, 2.75) is 57.2 Å². The third-order valence-corrected chi connectivity index (χ3v) is 5.36. The lowest BCUT2D eigenvalue weighted by Gasteiger charge is -2.18. The van der Waals surface area contributed by atoms with Crippen LogP contribution in [0.15, 0.2) is 53.7 Å². The summed E-state index contributed by atoms with van der Waals surface area (Å²) in [6.45, 7) is 9.42. The topological polar surface area (TPSA) is 42.0 Å². The van der Waals surface area contributed by atoms with E-state index in [1.54, 1.807) is 18.0 Å². The van der Waals surface area contributed by atoms with E-state index in [-0.39, 0.29) is 11.3 Å². The number of benzene rings is 1. The summed E-state index contributed by atoms with van der Waals surface area (Å²) >= 11 is 1.68. The smallest absolute Gasteiger partial charge is 0.254 e. The quantitative estimate of drug-likeness (QED) is 0.636. The Morgan fingerprint density at radius 2 is 1.88 bits per heavy atom. The Bertz CT molecular complexity index is 695. The van der Waals surface area contributed by atoms with Crippen LogP contribution >= 0.6 is 11.8 Å². The van der Waals surface area contributed by atoms with Crippen LogP contribution in [0.2, 0.25) is 0 Å². The van der Waals surface area contributed by atoms with Crippen LogP contribution in [-0.4, -0.2) is 22.7 Å². The number of amides is 1. The van der Waals surface area contributed by atoms with Crippen LogP contribution in [-0.2, 0) is 6.42 Å². The molecule has 0 aliphatic heterocycles. The summed E-state index contributed by atoms with van der Waals surface area (Å²) in [7, 11) is 0. The molecule has 140 valence electrons.